The normalized spacial score (nSPS) is 15.1. The van der Waals surface area contributed by atoms with Crippen LogP contribution in [0.25, 0.3) is 0 Å². The van der Waals surface area contributed by atoms with Gasteiger partial charge in [0.05, 0.1) is 0 Å². The molecule has 3 nitrogen and oxygen atoms in total. The quantitative estimate of drug-likeness (QED) is 0.673. The van der Waals surface area contributed by atoms with Gasteiger partial charge in [0.2, 0.25) is 0 Å². The highest BCUT2D eigenvalue weighted by Gasteiger charge is 2.03. The van der Waals surface area contributed by atoms with E-state index in [1.807, 2.05) is 6.07 Å². The molecule has 0 radical (unpaired) electrons. The van der Waals surface area contributed by atoms with Crippen LogP contribution >= 0.6 is 15.9 Å². The van der Waals surface area contributed by atoms with E-state index in [1.165, 1.54) is 19.3 Å². The van der Waals surface area contributed by atoms with Gasteiger partial charge >= 0.3 is 0 Å². The Labute approximate surface area is 98.1 Å². The monoisotopic (exact) mass is 267 g/mol. The van der Waals surface area contributed by atoms with E-state index >= 15 is 0 Å². The Morgan fingerprint density at radius 1 is 1.40 bits per heavy atom. The fourth-order valence-corrected chi connectivity index (χ4v) is 2.05. The first kappa shape index (κ1) is 10.6. The van der Waals surface area contributed by atoms with Gasteiger partial charge in [-0.15, -0.1) is 0 Å². The Morgan fingerprint density at radius 3 is 3.07 bits per heavy atom. The van der Waals surface area contributed by atoms with Crippen molar-refractivity contribution in [3.63, 3.8) is 0 Å². The van der Waals surface area contributed by atoms with E-state index in [4.69, 9.17) is 0 Å². The zero-order chi connectivity index (χ0) is 10.5. The van der Waals surface area contributed by atoms with Gasteiger partial charge < -0.3 is 5.32 Å². The van der Waals surface area contributed by atoms with Gasteiger partial charge in [-0.05, 0) is 41.6 Å². The van der Waals surface area contributed by atoms with Crippen molar-refractivity contribution in [2.75, 3.05) is 11.9 Å². The molecule has 0 unspecified atom stereocenters. The lowest BCUT2D eigenvalue weighted by molar-refractivity contribution is 0.861. The predicted molar refractivity (Wildman–Crippen MR) is 64.8 cm³/mol. The molecule has 1 heterocycles. The van der Waals surface area contributed by atoms with Crippen molar-refractivity contribution in [2.45, 2.75) is 25.7 Å². The Bertz CT molecular complexity index is 363. The van der Waals surface area contributed by atoms with Gasteiger partial charge in [-0.2, -0.15) is 0 Å². The largest absolute Gasteiger partial charge is 0.370 e. The first-order valence-corrected chi connectivity index (χ1v) is 6.03. The lowest BCUT2D eigenvalue weighted by Gasteiger charge is -2.05. The first-order chi connectivity index (χ1) is 7.34. The van der Waals surface area contributed by atoms with Gasteiger partial charge in [0.25, 0.3) is 0 Å². The van der Waals surface area contributed by atoms with Crippen LogP contribution in [0.1, 0.15) is 25.7 Å². The number of hydrogen-bond acceptors (Lipinski definition) is 3. The van der Waals surface area contributed by atoms with Crippen LogP contribution < -0.4 is 5.32 Å². The third-order valence-corrected chi connectivity index (χ3v) is 2.95. The maximum absolute atomic E-state index is 4.13. The first-order valence-electron chi connectivity index (χ1n) is 5.24. The zero-order valence-electron chi connectivity index (χ0n) is 8.54. The zero-order valence-corrected chi connectivity index (χ0v) is 10.1. The third-order valence-electron chi connectivity index (χ3n) is 2.52. The third kappa shape index (κ3) is 3.30. The van der Waals surface area contributed by atoms with Gasteiger partial charge in [0.15, 0.2) is 0 Å². The summed E-state index contributed by atoms with van der Waals surface area (Å²) in [6, 6.07) is 1.89. The van der Waals surface area contributed by atoms with E-state index in [0.717, 1.165) is 23.4 Å². The molecule has 80 valence electrons. The maximum Gasteiger partial charge on any atom is 0.130 e. The van der Waals surface area contributed by atoms with E-state index in [2.05, 4.69) is 37.3 Å². The van der Waals surface area contributed by atoms with Crippen molar-refractivity contribution >= 4 is 21.7 Å². The second-order valence-electron chi connectivity index (χ2n) is 3.66. The molecule has 0 aromatic carbocycles. The molecular formula is C11H14BrN3. The molecule has 4 heteroatoms. The Morgan fingerprint density at radius 2 is 2.33 bits per heavy atom. The Kier molecular flexibility index (Phi) is 3.72. The van der Waals surface area contributed by atoms with Crippen LogP contribution in [0.5, 0.6) is 0 Å². The summed E-state index contributed by atoms with van der Waals surface area (Å²) in [7, 11) is 0. The minimum Gasteiger partial charge on any atom is -0.370 e. The number of anilines is 1. The lowest BCUT2D eigenvalue weighted by atomic mass is 10.2. The molecule has 0 bridgehead atoms. The van der Waals surface area contributed by atoms with Crippen LogP contribution in [0, 0.1) is 0 Å². The molecule has 1 aliphatic carbocycles. The molecule has 1 N–H and O–H groups in total. The van der Waals surface area contributed by atoms with Crippen molar-refractivity contribution in [1.82, 2.24) is 9.97 Å². The summed E-state index contributed by atoms with van der Waals surface area (Å²) in [5.74, 6) is 0.885. The lowest BCUT2D eigenvalue weighted by Crippen LogP contribution is -2.04. The predicted octanol–water partition coefficient (Wildman–Crippen LogP) is 3.15. The summed E-state index contributed by atoms with van der Waals surface area (Å²) in [4.78, 5) is 8.11. The Hall–Kier alpha value is -0.900. The van der Waals surface area contributed by atoms with Crippen molar-refractivity contribution in [3.05, 3.63) is 28.6 Å². The molecule has 15 heavy (non-hydrogen) atoms. The molecule has 0 amide bonds. The van der Waals surface area contributed by atoms with E-state index in [1.54, 1.807) is 11.9 Å². The van der Waals surface area contributed by atoms with Gasteiger partial charge in [-0.1, -0.05) is 11.6 Å². The minimum absolute atomic E-state index is 0.820. The second kappa shape index (κ2) is 5.26. The van der Waals surface area contributed by atoms with Crippen LogP contribution in [0.2, 0.25) is 0 Å². The minimum atomic E-state index is 0.820. The highest BCUT2D eigenvalue weighted by atomic mass is 79.9. The molecule has 0 saturated carbocycles. The van der Waals surface area contributed by atoms with E-state index in [0.29, 0.717) is 0 Å². The molecule has 0 fully saturated rings. The summed E-state index contributed by atoms with van der Waals surface area (Å²) >= 11 is 3.32. The number of halogens is 1. The molecule has 0 saturated heterocycles. The average molecular weight is 268 g/mol. The van der Waals surface area contributed by atoms with E-state index in [-0.39, 0.29) is 0 Å². The van der Waals surface area contributed by atoms with Gasteiger partial charge in [-0.25, -0.2) is 9.97 Å². The van der Waals surface area contributed by atoms with Crippen LogP contribution in [-0.4, -0.2) is 16.5 Å². The summed E-state index contributed by atoms with van der Waals surface area (Å²) < 4.78 is 0.820. The van der Waals surface area contributed by atoms with Crippen molar-refractivity contribution in [1.29, 1.82) is 0 Å². The molecule has 0 atom stereocenters. The highest BCUT2D eigenvalue weighted by Crippen LogP contribution is 2.20. The van der Waals surface area contributed by atoms with Crippen LogP contribution in [0.15, 0.2) is 28.6 Å². The fraction of sp³-hybridized carbons (Fsp3) is 0.455. The molecule has 2 rings (SSSR count). The molecule has 1 aliphatic rings. The van der Waals surface area contributed by atoms with Gasteiger partial charge in [-0.3, -0.25) is 0 Å². The number of nitrogens with zero attached hydrogens (tertiary/aromatic N) is 2. The second-order valence-corrected chi connectivity index (χ2v) is 4.47. The van der Waals surface area contributed by atoms with Crippen molar-refractivity contribution in [3.8, 4) is 0 Å². The molecule has 0 spiro atoms. The molecule has 0 aliphatic heterocycles. The van der Waals surface area contributed by atoms with Crippen LogP contribution in [-0.2, 0) is 0 Å². The number of hydrogen-bond donors (Lipinski definition) is 1. The summed E-state index contributed by atoms with van der Waals surface area (Å²) in [5, 5.41) is 3.29. The van der Waals surface area contributed by atoms with Gasteiger partial charge in [0.1, 0.15) is 16.7 Å². The van der Waals surface area contributed by atoms with Crippen molar-refractivity contribution < 1.29 is 0 Å². The average Bonchev–Trinajstić information content (AvgIpc) is 2.71. The molecule has 1 aromatic heterocycles. The maximum atomic E-state index is 4.13. The molecule has 1 aromatic rings. The van der Waals surface area contributed by atoms with E-state index < -0.39 is 0 Å². The number of nitrogens with one attached hydrogen (secondary N) is 1. The summed E-state index contributed by atoms with van der Waals surface area (Å²) in [6.45, 7) is 0.954. The number of rotatable bonds is 4. The topological polar surface area (TPSA) is 37.8 Å². The highest BCUT2D eigenvalue weighted by molar-refractivity contribution is 9.10. The standard InChI is InChI=1S/C11H14BrN3/c12-10-7-11(15-8-14-10)13-6-5-9-3-1-2-4-9/h3,7-8H,1-2,4-6H2,(H,13,14,15). The van der Waals surface area contributed by atoms with Crippen LogP contribution in [0.3, 0.4) is 0 Å². The van der Waals surface area contributed by atoms with Crippen LogP contribution in [0.4, 0.5) is 5.82 Å². The SMILES string of the molecule is Brc1cc(NCCC2=CCCC2)ncn1. The van der Waals surface area contributed by atoms with E-state index in [9.17, 15) is 0 Å². The van der Waals surface area contributed by atoms with Crippen molar-refractivity contribution in [2.24, 2.45) is 0 Å². The number of allylic oxidation sites excluding steroid dienone is 1. The Balaban J connectivity index is 1.78. The fourth-order valence-electron chi connectivity index (χ4n) is 1.75. The summed E-state index contributed by atoms with van der Waals surface area (Å²) in [5.41, 5.74) is 1.58. The summed E-state index contributed by atoms with van der Waals surface area (Å²) in [6.07, 6.45) is 8.90. The van der Waals surface area contributed by atoms with Gasteiger partial charge in [0, 0.05) is 12.6 Å². The number of aromatic nitrogens is 2. The smallest absolute Gasteiger partial charge is 0.130 e. The molecular weight excluding hydrogens is 254 g/mol.